The SMILES string of the molecule is CCOc1ccnc(N(C)C2CNC2)n1. The molecule has 1 aromatic heterocycles. The molecule has 2 rings (SSSR count). The van der Waals surface area contributed by atoms with Crippen LogP contribution >= 0.6 is 0 Å². The zero-order valence-corrected chi connectivity index (χ0v) is 9.10. The van der Waals surface area contributed by atoms with Gasteiger partial charge >= 0.3 is 0 Å². The minimum absolute atomic E-state index is 0.502. The Bertz CT molecular complexity index is 327. The molecule has 0 amide bonds. The number of nitrogens with one attached hydrogen (secondary N) is 1. The Morgan fingerprint density at radius 1 is 1.60 bits per heavy atom. The first-order valence-electron chi connectivity index (χ1n) is 5.20. The van der Waals surface area contributed by atoms with E-state index in [-0.39, 0.29) is 0 Å². The van der Waals surface area contributed by atoms with Crippen LogP contribution in [0.4, 0.5) is 5.95 Å². The molecule has 0 spiro atoms. The van der Waals surface area contributed by atoms with Crippen LogP contribution in [0.5, 0.6) is 5.88 Å². The topological polar surface area (TPSA) is 50.3 Å². The van der Waals surface area contributed by atoms with E-state index in [0.717, 1.165) is 19.0 Å². The molecule has 5 heteroatoms. The summed E-state index contributed by atoms with van der Waals surface area (Å²) in [4.78, 5) is 10.6. The highest BCUT2D eigenvalue weighted by Gasteiger charge is 2.23. The summed E-state index contributed by atoms with van der Waals surface area (Å²) in [6.45, 7) is 4.57. The summed E-state index contributed by atoms with van der Waals surface area (Å²) >= 11 is 0. The Morgan fingerprint density at radius 2 is 2.40 bits per heavy atom. The van der Waals surface area contributed by atoms with Crippen molar-refractivity contribution in [1.82, 2.24) is 15.3 Å². The van der Waals surface area contributed by atoms with E-state index >= 15 is 0 Å². The Balaban J connectivity index is 2.09. The van der Waals surface area contributed by atoms with Crippen molar-refractivity contribution in [2.45, 2.75) is 13.0 Å². The first-order valence-corrected chi connectivity index (χ1v) is 5.20. The van der Waals surface area contributed by atoms with Gasteiger partial charge in [-0.25, -0.2) is 4.98 Å². The van der Waals surface area contributed by atoms with Crippen LogP contribution in [-0.2, 0) is 0 Å². The van der Waals surface area contributed by atoms with Crippen molar-refractivity contribution in [2.24, 2.45) is 0 Å². The van der Waals surface area contributed by atoms with Crippen LogP contribution in [0.1, 0.15) is 6.92 Å². The summed E-state index contributed by atoms with van der Waals surface area (Å²) in [5, 5.41) is 3.22. The molecule has 0 aliphatic carbocycles. The first kappa shape index (κ1) is 10.2. The molecule has 2 heterocycles. The number of anilines is 1. The quantitative estimate of drug-likeness (QED) is 0.770. The molecule has 1 aliphatic heterocycles. The van der Waals surface area contributed by atoms with Gasteiger partial charge in [0.15, 0.2) is 0 Å². The molecule has 1 N–H and O–H groups in total. The van der Waals surface area contributed by atoms with Crippen molar-refractivity contribution >= 4 is 5.95 Å². The van der Waals surface area contributed by atoms with Crippen LogP contribution in [0, 0.1) is 0 Å². The van der Waals surface area contributed by atoms with Gasteiger partial charge in [0.1, 0.15) is 0 Å². The third kappa shape index (κ3) is 2.18. The highest BCUT2D eigenvalue weighted by atomic mass is 16.5. The van der Waals surface area contributed by atoms with Crippen LogP contribution in [0.15, 0.2) is 12.3 Å². The maximum Gasteiger partial charge on any atom is 0.228 e. The molecule has 15 heavy (non-hydrogen) atoms. The smallest absolute Gasteiger partial charge is 0.228 e. The summed E-state index contributed by atoms with van der Waals surface area (Å²) in [5.41, 5.74) is 0. The molecule has 1 fully saturated rings. The second-order valence-corrected chi connectivity index (χ2v) is 3.55. The Hall–Kier alpha value is -1.36. The second-order valence-electron chi connectivity index (χ2n) is 3.55. The monoisotopic (exact) mass is 208 g/mol. The van der Waals surface area contributed by atoms with Crippen LogP contribution in [0.25, 0.3) is 0 Å². The predicted molar refractivity (Wildman–Crippen MR) is 58.3 cm³/mol. The number of hydrogen-bond donors (Lipinski definition) is 1. The number of hydrogen-bond acceptors (Lipinski definition) is 5. The van der Waals surface area contributed by atoms with Crippen LogP contribution < -0.4 is 15.0 Å². The van der Waals surface area contributed by atoms with E-state index in [1.807, 2.05) is 14.0 Å². The highest BCUT2D eigenvalue weighted by molar-refractivity contribution is 5.33. The molecule has 1 aromatic rings. The van der Waals surface area contributed by atoms with Crippen molar-refractivity contribution in [2.75, 3.05) is 31.6 Å². The van der Waals surface area contributed by atoms with Crippen LogP contribution in [0.2, 0.25) is 0 Å². The summed E-state index contributed by atoms with van der Waals surface area (Å²) in [6, 6.07) is 2.28. The molecule has 0 aromatic carbocycles. The molecule has 82 valence electrons. The molecule has 0 atom stereocenters. The van der Waals surface area contributed by atoms with Gasteiger partial charge in [-0.05, 0) is 6.92 Å². The third-order valence-corrected chi connectivity index (χ3v) is 2.53. The van der Waals surface area contributed by atoms with Gasteiger partial charge in [0.2, 0.25) is 11.8 Å². The third-order valence-electron chi connectivity index (χ3n) is 2.53. The van der Waals surface area contributed by atoms with E-state index < -0.39 is 0 Å². The van der Waals surface area contributed by atoms with Gasteiger partial charge in [0.25, 0.3) is 0 Å². The maximum atomic E-state index is 5.33. The Morgan fingerprint density at radius 3 is 3.00 bits per heavy atom. The largest absolute Gasteiger partial charge is 0.478 e. The molecule has 1 saturated heterocycles. The average molecular weight is 208 g/mol. The van der Waals surface area contributed by atoms with Gasteiger partial charge in [-0.1, -0.05) is 0 Å². The van der Waals surface area contributed by atoms with E-state index in [0.29, 0.717) is 18.5 Å². The minimum Gasteiger partial charge on any atom is -0.478 e. The second kappa shape index (κ2) is 4.44. The standard InChI is InChI=1S/C10H16N4O/c1-3-15-9-4-5-12-10(13-9)14(2)8-6-11-7-8/h4-5,8,11H,3,6-7H2,1-2H3. The van der Waals surface area contributed by atoms with Crippen LogP contribution in [-0.4, -0.2) is 42.8 Å². The summed E-state index contributed by atoms with van der Waals surface area (Å²) in [6.07, 6.45) is 1.73. The van der Waals surface area contributed by atoms with E-state index in [9.17, 15) is 0 Å². The highest BCUT2D eigenvalue weighted by Crippen LogP contribution is 2.14. The molecule has 0 unspecified atom stereocenters. The lowest BCUT2D eigenvalue weighted by atomic mass is 10.1. The number of nitrogens with zero attached hydrogens (tertiary/aromatic N) is 3. The Kier molecular flexibility index (Phi) is 3.01. The number of aromatic nitrogens is 2. The van der Waals surface area contributed by atoms with Crippen LogP contribution in [0.3, 0.4) is 0 Å². The molecular weight excluding hydrogens is 192 g/mol. The summed E-state index contributed by atoms with van der Waals surface area (Å²) in [7, 11) is 2.01. The van der Waals surface area contributed by atoms with Gasteiger partial charge in [-0.15, -0.1) is 0 Å². The van der Waals surface area contributed by atoms with Crippen molar-refractivity contribution in [1.29, 1.82) is 0 Å². The molecular formula is C10H16N4O. The molecule has 0 saturated carbocycles. The number of likely N-dealkylation sites (N-methyl/N-ethyl adjacent to an activating group) is 1. The fourth-order valence-electron chi connectivity index (χ4n) is 1.44. The average Bonchev–Trinajstić information content (AvgIpc) is 2.16. The summed E-state index contributed by atoms with van der Waals surface area (Å²) in [5.74, 6) is 1.37. The summed E-state index contributed by atoms with van der Waals surface area (Å²) < 4.78 is 5.33. The van der Waals surface area contributed by atoms with Gasteiger partial charge in [0.05, 0.1) is 12.6 Å². The normalized spacial score (nSPS) is 15.9. The van der Waals surface area contributed by atoms with Gasteiger partial charge in [-0.3, -0.25) is 0 Å². The van der Waals surface area contributed by atoms with Gasteiger partial charge in [0, 0.05) is 32.4 Å². The van der Waals surface area contributed by atoms with E-state index in [1.165, 1.54) is 0 Å². The lowest BCUT2D eigenvalue weighted by Crippen LogP contribution is -2.56. The van der Waals surface area contributed by atoms with E-state index in [2.05, 4.69) is 20.2 Å². The first-order chi connectivity index (χ1) is 7.31. The minimum atomic E-state index is 0.502. The zero-order chi connectivity index (χ0) is 10.7. The number of rotatable bonds is 4. The maximum absolute atomic E-state index is 5.33. The van der Waals surface area contributed by atoms with Crippen molar-refractivity contribution in [3.05, 3.63) is 12.3 Å². The van der Waals surface area contributed by atoms with Gasteiger partial charge in [-0.2, -0.15) is 4.98 Å². The van der Waals surface area contributed by atoms with E-state index in [4.69, 9.17) is 4.74 Å². The van der Waals surface area contributed by atoms with Crippen molar-refractivity contribution < 1.29 is 4.74 Å². The number of ether oxygens (including phenoxy) is 1. The van der Waals surface area contributed by atoms with Crippen molar-refractivity contribution in [3.8, 4) is 5.88 Å². The predicted octanol–water partition coefficient (Wildman–Crippen LogP) is 0.283. The molecule has 1 aliphatic rings. The fraction of sp³-hybridized carbons (Fsp3) is 0.600. The van der Waals surface area contributed by atoms with Crippen molar-refractivity contribution in [3.63, 3.8) is 0 Å². The fourth-order valence-corrected chi connectivity index (χ4v) is 1.44. The molecule has 0 radical (unpaired) electrons. The molecule has 0 bridgehead atoms. The van der Waals surface area contributed by atoms with E-state index in [1.54, 1.807) is 12.3 Å². The lowest BCUT2D eigenvalue weighted by Gasteiger charge is -2.35. The Labute approximate surface area is 89.5 Å². The zero-order valence-electron chi connectivity index (χ0n) is 9.10. The molecule has 5 nitrogen and oxygen atoms in total. The lowest BCUT2D eigenvalue weighted by molar-refractivity contribution is 0.325. The van der Waals surface area contributed by atoms with Gasteiger partial charge < -0.3 is 15.0 Å².